The summed E-state index contributed by atoms with van der Waals surface area (Å²) in [4.78, 5) is 34.3. The molecule has 5 heterocycles. The first-order valence-corrected chi connectivity index (χ1v) is 13.6. The molecular weight excluding hydrogens is 540 g/mol. The highest BCUT2D eigenvalue weighted by Gasteiger charge is 2.39. The molecule has 0 radical (unpaired) electrons. The summed E-state index contributed by atoms with van der Waals surface area (Å²) < 4.78 is 33.7. The van der Waals surface area contributed by atoms with Crippen molar-refractivity contribution in [2.24, 2.45) is 11.8 Å². The summed E-state index contributed by atoms with van der Waals surface area (Å²) in [6, 6.07) is 5.95. The molecule has 0 aromatic carbocycles. The standard InChI is InChI=1S/C28H28ClF2N7O2/c1-15-5-7-16(8-6-15)14-38-21(28(2,31)24-19(30)4-3-9-33-24)11-20-23(38)22(17-10-18(29)13-32-12-17)35-25(34-20)26-36-27(39)40-37-26/h3-4,9-13,15-16,26,37H,5-8,14H2,1-2H3,(H,36,39). The summed E-state index contributed by atoms with van der Waals surface area (Å²) in [5, 5.41) is 3.00. The van der Waals surface area contributed by atoms with Crippen LogP contribution < -0.4 is 10.8 Å². The van der Waals surface area contributed by atoms with E-state index in [4.69, 9.17) is 26.4 Å². The number of amides is 1. The normalized spacial score (nSPS) is 22.6. The second-order valence-electron chi connectivity index (χ2n) is 10.7. The van der Waals surface area contributed by atoms with Gasteiger partial charge in [0.25, 0.3) is 0 Å². The SMILES string of the molecule is CC1CCC(Cn2c(C(C)(F)c3ncccc3F)cc3nc(C4NOC(=O)N4)nc(-c4cncc(Cl)c4)c32)CC1. The van der Waals surface area contributed by atoms with Crippen LogP contribution in [0.4, 0.5) is 13.6 Å². The van der Waals surface area contributed by atoms with E-state index in [1.54, 1.807) is 18.3 Å². The van der Waals surface area contributed by atoms with Crippen LogP contribution in [0.1, 0.15) is 62.9 Å². The molecule has 2 aliphatic rings. The number of aromatic nitrogens is 5. The maximum absolute atomic E-state index is 16.9. The summed E-state index contributed by atoms with van der Waals surface area (Å²) in [6.07, 6.45) is 7.13. The third kappa shape index (κ3) is 4.88. The molecule has 1 amide bonds. The molecular formula is C28H28ClF2N7O2. The first kappa shape index (κ1) is 26.5. The van der Waals surface area contributed by atoms with E-state index in [2.05, 4.69) is 27.7 Å². The van der Waals surface area contributed by atoms with E-state index in [-0.39, 0.29) is 23.1 Å². The number of halogens is 3. The Morgan fingerprint density at radius 3 is 2.70 bits per heavy atom. The monoisotopic (exact) mass is 567 g/mol. The van der Waals surface area contributed by atoms with E-state index in [0.717, 1.165) is 25.7 Å². The van der Waals surface area contributed by atoms with Crippen molar-refractivity contribution in [2.45, 2.75) is 57.9 Å². The minimum Gasteiger partial charge on any atom is -0.351 e. The Kier molecular flexibility index (Phi) is 6.87. The van der Waals surface area contributed by atoms with Crippen LogP contribution in [0.2, 0.25) is 5.02 Å². The number of carbonyl (C=O) groups excluding carboxylic acids is 1. The molecule has 40 heavy (non-hydrogen) atoms. The first-order valence-electron chi connectivity index (χ1n) is 13.3. The van der Waals surface area contributed by atoms with Crippen LogP contribution >= 0.6 is 11.6 Å². The number of rotatable bonds is 6. The Bertz CT molecular complexity index is 1590. The van der Waals surface area contributed by atoms with Gasteiger partial charge in [-0.3, -0.25) is 15.3 Å². The van der Waals surface area contributed by atoms with Crippen molar-refractivity contribution in [3.05, 3.63) is 70.9 Å². The van der Waals surface area contributed by atoms with Crippen LogP contribution in [0.3, 0.4) is 0 Å². The number of nitrogens with zero attached hydrogens (tertiary/aromatic N) is 5. The van der Waals surface area contributed by atoms with Crippen LogP contribution in [0.25, 0.3) is 22.3 Å². The molecule has 6 rings (SSSR count). The molecule has 2 atom stereocenters. The average Bonchev–Trinajstić information content (AvgIpc) is 3.53. The van der Waals surface area contributed by atoms with Gasteiger partial charge in [-0.25, -0.2) is 23.5 Å². The molecule has 1 aliphatic carbocycles. The number of hydrogen-bond donors (Lipinski definition) is 2. The van der Waals surface area contributed by atoms with E-state index in [1.165, 1.54) is 31.5 Å². The lowest BCUT2D eigenvalue weighted by molar-refractivity contribution is 0.120. The predicted octanol–water partition coefficient (Wildman–Crippen LogP) is 5.98. The van der Waals surface area contributed by atoms with E-state index < -0.39 is 23.7 Å². The van der Waals surface area contributed by atoms with Crippen LogP contribution in [0.5, 0.6) is 0 Å². The second-order valence-corrected chi connectivity index (χ2v) is 11.2. The van der Waals surface area contributed by atoms with Crippen LogP contribution in [0, 0.1) is 17.7 Å². The number of carbonyl (C=O) groups is 1. The molecule has 2 unspecified atom stereocenters. The third-order valence-corrected chi connectivity index (χ3v) is 8.00. The number of fused-ring (bicyclic) bond motifs is 1. The number of hydroxylamine groups is 1. The molecule has 9 nitrogen and oxygen atoms in total. The van der Waals surface area contributed by atoms with Gasteiger partial charge in [-0.2, -0.15) is 0 Å². The van der Waals surface area contributed by atoms with Gasteiger partial charge in [0, 0.05) is 30.7 Å². The molecule has 208 valence electrons. The number of hydrogen-bond acceptors (Lipinski definition) is 7. The van der Waals surface area contributed by atoms with Crippen molar-refractivity contribution in [1.29, 1.82) is 0 Å². The highest BCUT2D eigenvalue weighted by molar-refractivity contribution is 6.30. The van der Waals surface area contributed by atoms with Gasteiger partial charge in [0.05, 0.1) is 21.7 Å². The molecule has 12 heteroatoms. The molecule has 1 aliphatic heterocycles. The largest absolute Gasteiger partial charge is 0.427 e. The maximum Gasteiger partial charge on any atom is 0.427 e. The van der Waals surface area contributed by atoms with Crippen molar-refractivity contribution < 1.29 is 18.4 Å². The fraction of sp³-hybridized carbons (Fsp3) is 0.393. The topological polar surface area (TPSA) is 107 Å². The summed E-state index contributed by atoms with van der Waals surface area (Å²) in [5.41, 5.74) is 2.18. The molecule has 2 N–H and O–H groups in total. The lowest BCUT2D eigenvalue weighted by atomic mass is 9.83. The Morgan fingerprint density at radius 1 is 1.20 bits per heavy atom. The minimum absolute atomic E-state index is 0.202. The van der Waals surface area contributed by atoms with Gasteiger partial charge in [0.15, 0.2) is 17.7 Å². The van der Waals surface area contributed by atoms with Crippen molar-refractivity contribution in [3.8, 4) is 11.3 Å². The van der Waals surface area contributed by atoms with E-state index in [1.807, 2.05) is 4.57 Å². The van der Waals surface area contributed by atoms with Gasteiger partial charge in [-0.05, 0) is 55.9 Å². The lowest BCUT2D eigenvalue weighted by Crippen LogP contribution is -2.27. The maximum atomic E-state index is 16.9. The molecule has 0 bridgehead atoms. The fourth-order valence-corrected chi connectivity index (χ4v) is 5.84. The highest BCUT2D eigenvalue weighted by Crippen LogP contribution is 2.41. The van der Waals surface area contributed by atoms with Gasteiger partial charge in [0.1, 0.15) is 17.2 Å². The molecule has 4 aromatic rings. The summed E-state index contributed by atoms with van der Waals surface area (Å²) in [7, 11) is 0. The van der Waals surface area contributed by atoms with Gasteiger partial charge in [-0.15, -0.1) is 5.48 Å². The Balaban J connectivity index is 1.60. The quantitative estimate of drug-likeness (QED) is 0.295. The van der Waals surface area contributed by atoms with E-state index in [0.29, 0.717) is 39.8 Å². The molecule has 4 aromatic heterocycles. The summed E-state index contributed by atoms with van der Waals surface area (Å²) in [5.74, 6) is 0.385. The van der Waals surface area contributed by atoms with Crippen LogP contribution in [-0.2, 0) is 17.1 Å². The van der Waals surface area contributed by atoms with Gasteiger partial charge < -0.3 is 9.40 Å². The minimum atomic E-state index is -2.29. The number of nitrogens with one attached hydrogen (secondary N) is 2. The third-order valence-electron chi connectivity index (χ3n) is 7.79. The van der Waals surface area contributed by atoms with Gasteiger partial charge in [-0.1, -0.05) is 31.4 Å². The van der Waals surface area contributed by atoms with Gasteiger partial charge in [0.2, 0.25) is 0 Å². The van der Waals surface area contributed by atoms with Crippen molar-refractivity contribution in [1.82, 2.24) is 35.3 Å². The average molecular weight is 568 g/mol. The smallest absolute Gasteiger partial charge is 0.351 e. The zero-order chi connectivity index (χ0) is 28.0. The molecule has 1 saturated heterocycles. The summed E-state index contributed by atoms with van der Waals surface area (Å²) >= 11 is 6.30. The zero-order valence-electron chi connectivity index (χ0n) is 22.0. The summed E-state index contributed by atoms with van der Waals surface area (Å²) in [6.45, 7) is 4.05. The highest BCUT2D eigenvalue weighted by atomic mass is 35.5. The Hall–Kier alpha value is -3.70. The number of alkyl halides is 1. The van der Waals surface area contributed by atoms with Gasteiger partial charge >= 0.3 is 6.09 Å². The molecule has 2 fully saturated rings. The van der Waals surface area contributed by atoms with Crippen LogP contribution in [-0.4, -0.2) is 30.6 Å². The predicted molar refractivity (Wildman–Crippen MR) is 144 cm³/mol. The number of pyridine rings is 2. The zero-order valence-corrected chi connectivity index (χ0v) is 22.8. The first-order chi connectivity index (χ1) is 19.2. The van der Waals surface area contributed by atoms with Crippen LogP contribution in [0.15, 0.2) is 42.9 Å². The van der Waals surface area contributed by atoms with E-state index >= 15 is 4.39 Å². The Labute approximate surface area is 234 Å². The molecule has 1 saturated carbocycles. The Morgan fingerprint density at radius 2 is 2.00 bits per heavy atom. The van der Waals surface area contributed by atoms with E-state index in [9.17, 15) is 9.18 Å². The van der Waals surface area contributed by atoms with Crippen molar-refractivity contribution in [2.75, 3.05) is 0 Å². The fourth-order valence-electron chi connectivity index (χ4n) is 5.66. The van der Waals surface area contributed by atoms with Crippen molar-refractivity contribution >= 4 is 28.7 Å². The lowest BCUT2D eigenvalue weighted by Gasteiger charge is -2.29. The molecule has 0 spiro atoms. The van der Waals surface area contributed by atoms with Crippen molar-refractivity contribution in [3.63, 3.8) is 0 Å². The second kappa shape index (κ2) is 10.4.